The molecule has 1 fully saturated rings. The Hall–Kier alpha value is -1.42. The van der Waals surface area contributed by atoms with Crippen molar-refractivity contribution in [1.29, 1.82) is 0 Å². The Labute approximate surface area is 106 Å². The van der Waals surface area contributed by atoms with Crippen molar-refractivity contribution in [1.82, 2.24) is 5.32 Å². The first kappa shape index (κ1) is 13.0. The fourth-order valence-corrected chi connectivity index (χ4v) is 2.14. The number of carbonyl (C=O) groups excluding carboxylic acids is 1. The maximum absolute atomic E-state index is 13.7. The van der Waals surface area contributed by atoms with Crippen LogP contribution in [0.4, 0.5) is 4.39 Å². The third-order valence-corrected chi connectivity index (χ3v) is 3.27. The first-order valence-electron chi connectivity index (χ1n) is 6.29. The van der Waals surface area contributed by atoms with Gasteiger partial charge in [-0.15, -0.1) is 0 Å². The van der Waals surface area contributed by atoms with E-state index in [1.54, 1.807) is 19.1 Å². The van der Waals surface area contributed by atoms with Gasteiger partial charge < -0.3 is 10.1 Å². The first-order chi connectivity index (χ1) is 8.61. The Morgan fingerprint density at radius 2 is 2.22 bits per heavy atom. The molecule has 0 aliphatic heterocycles. The molecule has 4 heteroatoms. The lowest BCUT2D eigenvalue weighted by Gasteiger charge is -2.35. The Bertz CT molecular complexity index is 441. The number of hydrogen-bond acceptors (Lipinski definition) is 2. The number of ether oxygens (including phenoxy) is 1. The SMILES string of the molecule is CCOC1CC(NC(=O)c2cccc(C)c2F)C1. The van der Waals surface area contributed by atoms with Gasteiger partial charge in [-0.05, 0) is 38.3 Å². The van der Waals surface area contributed by atoms with E-state index in [4.69, 9.17) is 4.74 Å². The fraction of sp³-hybridized carbons (Fsp3) is 0.500. The molecule has 0 unspecified atom stereocenters. The summed E-state index contributed by atoms with van der Waals surface area (Å²) in [6.45, 7) is 4.30. The van der Waals surface area contributed by atoms with Gasteiger partial charge in [-0.1, -0.05) is 12.1 Å². The fourth-order valence-electron chi connectivity index (χ4n) is 2.14. The quantitative estimate of drug-likeness (QED) is 0.892. The summed E-state index contributed by atoms with van der Waals surface area (Å²) in [5.41, 5.74) is 0.610. The van der Waals surface area contributed by atoms with E-state index >= 15 is 0 Å². The lowest BCUT2D eigenvalue weighted by molar-refractivity contribution is -0.00865. The second-order valence-electron chi connectivity index (χ2n) is 4.66. The normalized spacial score (nSPS) is 22.4. The standard InChI is InChI=1S/C14H18FNO2/c1-3-18-11-7-10(8-11)16-14(17)12-6-4-5-9(2)13(12)15/h4-6,10-11H,3,7-8H2,1-2H3,(H,16,17). The number of rotatable bonds is 4. The lowest BCUT2D eigenvalue weighted by atomic mass is 9.89. The van der Waals surface area contributed by atoms with Crippen molar-refractivity contribution < 1.29 is 13.9 Å². The molecule has 0 spiro atoms. The molecule has 0 aromatic heterocycles. The molecule has 1 saturated carbocycles. The summed E-state index contributed by atoms with van der Waals surface area (Å²) in [5.74, 6) is -0.771. The van der Waals surface area contributed by atoms with Gasteiger partial charge in [0, 0.05) is 12.6 Å². The van der Waals surface area contributed by atoms with E-state index in [9.17, 15) is 9.18 Å². The highest BCUT2D eigenvalue weighted by Crippen LogP contribution is 2.24. The maximum atomic E-state index is 13.7. The third kappa shape index (κ3) is 2.70. The largest absolute Gasteiger partial charge is 0.378 e. The van der Waals surface area contributed by atoms with Crippen LogP contribution in [0.15, 0.2) is 18.2 Å². The molecule has 0 heterocycles. The number of benzene rings is 1. The number of nitrogens with one attached hydrogen (secondary N) is 1. The van der Waals surface area contributed by atoms with Crippen LogP contribution in [0, 0.1) is 12.7 Å². The molecule has 1 aromatic rings. The van der Waals surface area contributed by atoms with Gasteiger partial charge in [0.1, 0.15) is 5.82 Å². The van der Waals surface area contributed by atoms with Crippen molar-refractivity contribution in [3.05, 3.63) is 35.1 Å². The zero-order valence-electron chi connectivity index (χ0n) is 10.7. The van der Waals surface area contributed by atoms with Crippen molar-refractivity contribution in [2.24, 2.45) is 0 Å². The van der Waals surface area contributed by atoms with Crippen molar-refractivity contribution in [2.75, 3.05) is 6.61 Å². The molecule has 0 saturated heterocycles. The van der Waals surface area contributed by atoms with E-state index in [0.29, 0.717) is 12.2 Å². The van der Waals surface area contributed by atoms with E-state index in [2.05, 4.69) is 5.32 Å². The number of amides is 1. The van der Waals surface area contributed by atoms with Crippen LogP contribution in [0.25, 0.3) is 0 Å². The van der Waals surface area contributed by atoms with E-state index in [1.165, 1.54) is 6.07 Å². The summed E-state index contributed by atoms with van der Waals surface area (Å²) in [5, 5.41) is 2.83. The zero-order valence-corrected chi connectivity index (χ0v) is 10.7. The lowest BCUT2D eigenvalue weighted by Crippen LogP contribution is -2.48. The summed E-state index contributed by atoms with van der Waals surface area (Å²) >= 11 is 0. The van der Waals surface area contributed by atoms with Crippen molar-refractivity contribution in [3.63, 3.8) is 0 Å². The molecule has 2 rings (SSSR count). The topological polar surface area (TPSA) is 38.3 Å². The summed E-state index contributed by atoms with van der Waals surface area (Å²) in [4.78, 5) is 11.9. The van der Waals surface area contributed by atoms with Crippen LogP contribution >= 0.6 is 0 Å². The highest BCUT2D eigenvalue weighted by Gasteiger charge is 2.31. The van der Waals surface area contributed by atoms with Gasteiger partial charge in [0.05, 0.1) is 11.7 Å². The van der Waals surface area contributed by atoms with E-state index < -0.39 is 5.82 Å². The van der Waals surface area contributed by atoms with Crippen LogP contribution in [-0.2, 0) is 4.74 Å². The second-order valence-corrected chi connectivity index (χ2v) is 4.66. The predicted molar refractivity (Wildman–Crippen MR) is 67.0 cm³/mol. The molecule has 0 radical (unpaired) electrons. The van der Waals surface area contributed by atoms with Crippen LogP contribution in [0.2, 0.25) is 0 Å². The molecule has 1 aliphatic carbocycles. The van der Waals surface area contributed by atoms with E-state index in [0.717, 1.165) is 12.8 Å². The van der Waals surface area contributed by atoms with Gasteiger partial charge in [0.2, 0.25) is 0 Å². The van der Waals surface area contributed by atoms with Crippen molar-refractivity contribution >= 4 is 5.91 Å². The predicted octanol–water partition coefficient (Wildman–Crippen LogP) is 2.43. The molecule has 1 aliphatic rings. The van der Waals surface area contributed by atoms with Crippen LogP contribution in [0.1, 0.15) is 35.7 Å². The molecule has 1 aromatic carbocycles. The average Bonchev–Trinajstić information content (AvgIpc) is 2.30. The zero-order chi connectivity index (χ0) is 13.1. The molecule has 18 heavy (non-hydrogen) atoms. The Kier molecular flexibility index (Phi) is 3.97. The minimum Gasteiger partial charge on any atom is -0.378 e. The summed E-state index contributed by atoms with van der Waals surface area (Å²) in [7, 11) is 0. The van der Waals surface area contributed by atoms with Gasteiger partial charge >= 0.3 is 0 Å². The molecule has 3 nitrogen and oxygen atoms in total. The molecule has 1 amide bonds. The van der Waals surface area contributed by atoms with Gasteiger partial charge in [0.15, 0.2) is 0 Å². The summed E-state index contributed by atoms with van der Waals surface area (Å²) < 4.78 is 19.1. The van der Waals surface area contributed by atoms with Crippen LogP contribution < -0.4 is 5.32 Å². The van der Waals surface area contributed by atoms with Crippen LogP contribution in [0.3, 0.4) is 0 Å². The van der Waals surface area contributed by atoms with Gasteiger partial charge in [-0.25, -0.2) is 4.39 Å². The number of halogens is 1. The first-order valence-corrected chi connectivity index (χ1v) is 6.29. The van der Waals surface area contributed by atoms with Gasteiger partial charge in [-0.3, -0.25) is 4.79 Å². The van der Waals surface area contributed by atoms with Crippen molar-refractivity contribution in [3.8, 4) is 0 Å². The van der Waals surface area contributed by atoms with E-state index in [-0.39, 0.29) is 23.6 Å². The second kappa shape index (κ2) is 5.48. The van der Waals surface area contributed by atoms with Crippen LogP contribution in [0.5, 0.6) is 0 Å². The highest BCUT2D eigenvalue weighted by molar-refractivity contribution is 5.94. The number of aryl methyl sites for hydroxylation is 1. The highest BCUT2D eigenvalue weighted by atomic mass is 19.1. The molecular weight excluding hydrogens is 233 g/mol. The average molecular weight is 251 g/mol. The minimum atomic E-state index is -0.435. The Morgan fingerprint density at radius 3 is 2.89 bits per heavy atom. The maximum Gasteiger partial charge on any atom is 0.254 e. The van der Waals surface area contributed by atoms with E-state index in [1.807, 2.05) is 6.92 Å². The monoisotopic (exact) mass is 251 g/mol. The number of hydrogen-bond donors (Lipinski definition) is 1. The summed E-state index contributed by atoms with van der Waals surface area (Å²) in [6, 6.07) is 4.96. The third-order valence-electron chi connectivity index (χ3n) is 3.27. The smallest absolute Gasteiger partial charge is 0.254 e. The minimum absolute atomic E-state index is 0.106. The van der Waals surface area contributed by atoms with Crippen molar-refractivity contribution in [2.45, 2.75) is 38.8 Å². The van der Waals surface area contributed by atoms with Crippen LogP contribution in [-0.4, -0.2) is 24.7 Å². The molecular formula is C14H18FNO2. The molecule has 0 atom stereocenters. The summed E-state index contributed by atoms with van der Waals surface area (Å²) in [6.07, 6.45) is 1.86. The number of carbonyl (C=O) groups is 1. The molecule has 0 bridgehead atoms. The van der Waals surface area contributed by atoms with Gasteiger partial charge in [0.25, 0.3) is 5.91 Å². The molecule has 98 valence electrons. The van der Waals surface area contributed by atoms with Gasteiger partial charge in [-0.2, -0.15) is 0 Å². The Balaban J connectivity index is 1.91. The Morgan fingerprint density at radius 1 is 1.50 bits per heavy atom. The molecule has 1 N–H and O–H groups in total.